The highest BCUT2D eigenvalue weighted by Crippen LogP contribution is 2.22. The third kappa shape index (κ3) is 7.16. The normalized spacial score (nSPS) is 11.2. The van der Waals surface area contributed by atoms with Crippen molar-refractivity contribution < 1.29 is 22.7 Å². The van der Waals surface area contributed by atoms with Crippen LogP contribution in [0.15, 0.2) is 47.4 Å². The minimum Gasteiger partial charge on any atom is -0.483 e. The second-order valence-electron chi connectivity index (χ2n) is 7.27. The monoisotopic (exact) mass is 433 g/mol. The van der Waals surface area contributed by atoms with Gasteiger partial charge < -0.3 is 15.4 Å². The maximum absolute atomic E-state index is 12.3. The lowest BCUT2D eigenvalue weighted by Gasteiger charge is -2.13. The molecule has 30 heavy (non-hydrogen) atoms. The van der Waals surface area contributed by atoms with Gasteiger partial charge in [-0.15, -0.1) is 0 Å². The summed E-state index contributed by atoms with van der Waals surface area (Å²) in [7, 11) is -3.59. The van der Waals surface area contributed by atoms with Crippen molar-refractivity contribution in [1.82, 2.24) is 4.72 Å². The molecule has 8 nitrogen and oxygen atoms in total. The second-order valence-corrected chi connectivity index (χ2v) is 9.04. The molecular weight excluding hydrogens is 406 g/mol. The molecule has 0 spiro atoms. The van der Waals surface area contributed by atoms with Gasteiger partial charge in [-0.2, -0.15) is 0 Å². The van der Waals surface area contributed by atoms with E-state index in [1.807, 2.05) is 13.8 Å². The first kappa shape index (κ1) is 23.4. The zero-order valence-corrected chi connectivity index (χ0v) is 18.3. The number of carbonyl (C=O) groups excluding carboxylic acids is 2. The van der Waals surface area contributed by atoms with Crippen LogP contribution >= 0.6 is 0 Å². The molecule has 0 heterocycles. The van der Waals surface area contributed by atoms with Crippen molar-refractivity contribution in [2.75, 3.05) is 23.8 Å². The number of sulfonamides is 1. The fourth-order valence-corrected chi connectivity index (χ4v) is 3.83. The van der Waals surface area contributed by atoms with Crippen molar-refractivity contribution >= 4 is 33.2 Å². The van der Waals surface area contributed by atoms with Crippen molar-refractivity contribution in [1.29, 1.82) is 0 Å². The van der Waals surface area contributed by atoms with Crippen molar-refractivity contribution in [2.24, 2.45) is 5.92 Å². The summed E-state index contributed by atoms with van der Waals surface area (Å²) in [5, 5.41) is 5.33. The van der Waals surface area contributed by atoms with Crippen LogP contribution in [-0.2, 0) is 19.6 Å². The predicted molar refractivity (Wildman–Crippen MR) is 116 cm³/mol. The second kappa shape index (κ2) is 10.2. The Morgan fingerprint density at radius 3 is 2.30 bits per heavy atom. The van der Waals surface area contributed by atoms with Crippen LogP contribution in [0.4, 0.5) is 11.4 Å². The van der Waals surface area contributed by atoms with Gasteiger partial charge in [0.15, 0.2) is 6.61 Å². The number of hydrogen-bond donors (Lipinski definition) is 3. The van der Waals surface area contributed by atoms with E-state index in [-0.39, 0.29) is 29.2 Å². The van der Waals surface area contributed by atoms with E-state index in [1.165, 1.54) is 25.1 Å². The zero-order chi connectivity index (χ0) is 22.3. The Bertz CT molecular complexity index is 1020. The van der Waals surface area contributed by atoms with Crippen LogP contribution < -0.4 is 20.1 Å². The molecule has 2 rings (SSSR count). The predicted octanol–water partition coefficient (Wildman–Crippen LogP) is 2.91. The summed E-state index contributed by atoms with van der Waals surface area (Å²) in [5.74, 6) is 0.0210. The first-order valence-electron chi connectivity index (χ1n) is 9.47. The molecule has 0 unspecified atom stereocenters. The van der Waals surface area contributed by atoms with Crippen LogP contribution in [0.25, 0.3) is 0 Å². The number of aryl methyl sites for hydroxylation is 1. The van der Waals surface area contributed by atoms with Gasteiger partial charge in [0.05, 0.1) is 4.90 Å². The molecule has 2 aromatic rings. The SMILES string of the molecule is CC(=O)Nc1cccc(NC(=O)COc2ccc(S(=O)(=O)NCC(C)C)cc2C)c1. The standard InChI is InChI=1S/C21H27N3O5S/c1-14(2)12-22-30(27,28)19-8-9-20(15(3)10-19)29-13-21(26)24-18-7-5-6-17(11-18)23-16(4)25/h5-11,14,22H,12-13H2,1-4H3,(H,23,25)(H,24,26). The summed E-state index contributed by atoms with van der Waals surface area (Å²) in [6.07, 6.45) is 0. The van der Waals surface area contributed by atoms with Crippen LogP contribution in [0.3, 0.4) is 0 Å². The molecule has 162 valence electrons. The molecular formula is C21H27N3O5S. The summed E-state index contributed by atoms with van der Waals surface area (Å²) in [4.78, 5) is 23.5. The van der Waals surface area contributed by atoms with Gasteiger partial charge in [-0.05, 0) is 54.8 Å². The largest absolute Gasteiger partial charge is 0.483 e. The molecule has 0 aromatic heterocycles. The topological polar surface area (TPSA) is 114 Å². The van der Waals surface area contributed by atoms with E-state index in [4.69, 9.17) is 4.74 Å². The van der Waals surface area contributed by atoms with E-state index in [0.29, 0.717) is 29.2 Å². The van der Waals surface area contributed by atoms with Gasteiger partial charge in [0.25, 0.3) is 5.91 Å². The fraction of sp³-hybridized carbons (Fsp3) is 0.333. The molecule has 0 saturated carbocycles. The molecule has 2 aromatic carbocycles. The summed E-state index contributed by atoms with van der Waals surface area (Å²) < 4.78 is 32.7. The van der Waals surface area contributed by atoms with Gasteiger partial charge in [-0.3, -0.25) is 9.59 Å². The Labute approximate surface area is 177 Å². The van der Waals surface area contributed by atoms with E-state index in [9.17, 15) is 18.0 Å². The number of anilines is 2. The quantitative estimate of drug-likeness (QED) is 0.563. The third-order valence-corrected chi connectivity index (χ3v) is 5.39. The Kier molecular flexibility index (Phi) is 7.96. The maximum Gasteiger partial charge on any atom is 0.262 e. The molecule has 0 bridgehead atoms. The maximum atomic E-state index is 12.3. The van der Waals surface area contributed by atoms with E-state index in [1.54, 1.807) is 31.2 Å². The van der Waals surface area contributed by atoms with Gasteiger partial charge in [0.2, 0.25) is 15.9 Å². The van der Waals surface area contributed by atoms with Gasteiger partial charge >= 0.3 is 0 Å². The average molecular weight is 434 g/mol. The van der Waals surface area contributed by atoms with Gasteiger partial charge in [-0.25, -0.2) is 13.1 Å². The number of hydrogen-bond acceptors (Lipinski definition) is 5. The Morgan fingerprint density at radius 2 is 1.70 bits per heavy atom. The number of amides is 2. The van der Waals surface area contributed by atoms with Gasteiger partial charge in [0, 0.05) is 24.8 Å². The van der Waals surface area contributed by atoms with E-state index < -0.39 is 10.0 Å². The highest BCUT2D eigenvalue weighted by atomic mass is 32.2. The van der Waals surface area contributed by atoms with Gasteiger partial charge in [0.1, 0.15) is 5.75 Å². The Balaban J connectivity index is 1.97. The minimum atomic E-state index is -3.59. The number of ether oxygens (including phenoxy) is 1. The lowest BCUT2D eigenvalue weighted by molar-refractivity contribution is -0.118. The summed E-state index contributed by atoms with van der Waals surface area (Å²) in [6, 6.07) is 11.2. The highest BCUT2D eigenvalue weighted by Gasteiger charge is 2.16. The number of rotatable bonds is 9. The summed E-state index contributed by atoms with van der Waals surface area (Å²) >= 11 is 0. The van der Waals surface area contributed by atoms with Crippen LogP contribution in [0.5, 0.6) is 5.75 Å². The first-order chi connectivity index (χ1) is 14.1. The molecule has 0 aliphatic carbocycles. The lowest BCUT2D eigenvalue weighted by Crippen LogP contribution is -2.27. The molecule has 0 aliphatic heterocycles. The van der Waals surface area contributed by atoms with E-state index >= 15 is 0 Å². The van der Waals surface area contributed by atoms with Crippen molar-refractivity contribution in [3.8, 4) is 5.75 Å². The molecule has 0 atom stereocenters. The summed E-state index contributed by atoms with van der Waals surface area (Å²) in [5.41, 5.74) is 1.69. The smallest absolute Gasteiger partial charge is 0.262 e. The third-order valence-electron chi connectivity index (χ3n) is 3.96. The molecule has 0 radical (unpaired) electrons. The van der Waals surface area contributed by atoms with Crippen molar-refractivity contribution in [2.45, 2.75) is 32.6 Å². The number of carbonyl (C=O) groups is 2. The Hall–Kier alpha value is -2.91. The lowest BCUT2D eigenvalue weighted by atomic mass is 10.2. The number of benzene rings is 2. The van der Waals surface area contributed by atoms with Crippen LogP contribution in [0.2, 0.25) is 0 Å². The fourth-order valence-electron chi connectivity index (χ4n) is 2.53. The van der Waals surface area contributed by atoms with E-state index in [0.717, 1.165) is 0 Å². The van der Waals surface area contributed by atoms with Crippen molar-refractivity contribution in [3.05, 3.63) is 48.0 Å². The van der Waals surface area contributed by atoms with Gasteiger partial charge in [-0.1, -0.05) is 19.9 Å². The molecule has 0 aliphatic rings. The molecule has 2 amide bonds. The molecule has 3 N–H and O–H groups in total. The van der Waals surface area contributed by atoms with Crippen molar-refractivity contribution in [3.63, 3.8) is 0 Å². The van der Waals surface area contributed by atoms with Crippen LogP contribution in [0.1, 0.15) is 26.3 Å². The first-order valence-corrected chi connectivity index (χ1v) is 11.0. The average Bonchev–Trinajstić information content (AvgIpc) is 2.65. The minimum absolute atomic E-state index is 0.146. The molecule has 0 fully saturated rings. The summed E-state index contributed by atoms with van der Waals surface area (Å²) in [6.45, 7) is 7.06. The van der Waals surface area contributed by atoms with E-state index in [2.05, 4.69) is 15.4 Å². The number of nitrogens with one attached hydrogen (secondary N) is 3. The Morgan fingerprint density at radius 1 is 1.03 bits per heavy atom. The zero-order valence-electron chi connectivity index (χ0n) is 17.5. The molecule has 9 heteroatoms. The van der Waals surface area contributed by atoms with Crippen LogP contribution in [-0.4, -0.2) is 33.4 Å². The highest BCUT2D eigenvalue weighted by molar-refractivity contribution is 7.89. The van der Waals surface area contributed by atoms with Crippen LogP contribution in [0, 0.1) is 12.8 Å². The molecule has 0 saturated heterocycles.